The normalized spacial score (nSPS) is 17.2. The molecule has 1 saturated heterocycles. The molecule has 2 aromatic rings. The van der Waals surface area contributed by atoms with Gasteiger partial charge in [0.05, 0.1) is 18.0 Å². The molecule has 26 heavy (non-hydrogen) atoms. The van der Waals surface area contributed by atoms with Crippen molar-refractivity contribution in [1.29, 1.82) is 5.26 Å². The third kappa shape index (κ3) is 4.46. The van der Waals surface area contributed by atoms with Gasteiger partial charge < -0.3 is 0 Å². The molecule has 2 aromatic carbocycles. The van der Waals surface area contributed by atoms with Gasteiger partial charge in [-0.25, -0.2) is 8.78 Å². The predicted molar refractivity (Wildman–Crippen MR) is 97.4 cm³/mol. The molecule has 0 saturated carbocycles. The Balaban J connectivity index is 1.80. The van der Waals surface area contributed by atoms with E-state index in [1.165, 1.54) is 24.3 Å². The third-order valence-corrected chi connectivity index (χ3v) is 4.90. The standard InChI is InChI=1S/C21H23F2N3/c1-16(14-24)15-25-10-12-26(13-11-25)21(17-2-6-19(22)7-3-17)18-4-8-20(23)9-5-18/h2-9,16,21H,10-13,15H2,1H3/t16-/m1/s1. The van der Waals surface area contributed by atoms with Crippen molar-refractivity contribution in [2.45, 2.75) is 13.0 Å². The van der Waals surface area contributed by atoms with Crippen LogP contribution in [0.2, 0.25) is 0 Å². The summed E-state index contributed by atoms with van der Waals surface area (Å²) in [5.41, 5.74) is 1.99. The molecule has 1 fully saturated rings. The highest BCUT2D eigenvalue weighted by molar-refractivity contribution is 5.32. The van der Waals surface area contributed by atoms with Gasteiger partial charge in [0.25, 0.3) is 0 Å². The molecule has 136 valence electrons. The second kappa shape index (κ2) is 8.39. The fourth-order valence-electron chi connectivity index (χ4n) is 3.54. The van der Waals surface area contributed by atoms with Crippen LogP contribution in [0.5, 0.6) is 0 Å². The number of halogens is 2. The summed E-state index contributed by atoms with van der Waals surface area (Å²) >= 11 is 0. The first-order chi connectivity index (χ1) is 12.6. The average Bonchev–Trinajstić information content (AvgIpc) is 2.66. The molecule has 5 heteroatoms. The van der Waals surface area contributed by atoms with E-state index in [-0.39, 0.29) is 23.6 Å². The Labute approximate surface area is 153 Å². The van der Waals surface area contributed by atoms with E-state index in [0.29, 0.717) is 0 Å². The van der Waals surface area contributed by atoms with E-state index in [1.54, 1.807) is 24.3 Å². The second-order valence-corrected chi connectivity index (χ2v) is 6.87. The fourth-order valence-corrected chi connectivity index (χ4v) is 3.54. The van der Waals surface area contributed by atoms with Crippen LogP contribution < -0.4 is 0 Å². The number of nitriles is 1. The smallest absolute Gasteiger partial charge is 0.123 e. The van der Waals surface area contributed by atoms with Gasteiger partial charge in [0.1, 0.15) is 11.6 Å². The van der Waals surface area contributed by atoms with Crippen molar-refractivity contribution >= 4 is 0 Å². The molecule has 0 spiro atoms. The molecule has 0 radical (unpaired) electrons. The largest absolute Gasteiger partial charge is 0.300 e. The summed E-state index contributed by atoms with van der Waals surface area (Å²) in [6.45, 7) is 6.17. The summed E-state index contributed by atoms with van der Waals surface area (Å²) in [7, 11) is 0. The molecule has 0 aromatic heterocycles. The predicted octanol–water partition coefficient (Wildman–Crippen LogP) is 3.83. The Morgan fingerprint density at radius 2 is 1.35 bits per heavy atom. The number of benzene rings is 2. The fraction of sp³-hybridized carbons (Fsp3) is 0.381. The van der Waals surface area contributed by atoms with Gasteiger partial charge in [-0.05, 0) is 42.3 Å². The molecule has 1 atom stereocenters. The minimum absolute atomic E-state index is 0.0199. The lowest BCUT2D eigenvalue weighted by molar-refractivity contribution is 0.104. The summed E-state index contributed by atoms with van der Waals surface area (Å²) in [5.74, 6) is -0.504. The van der Waals surface area contributed by atoms with Crippen LogP contribution in [0.4, 0.5) is 8.78 Å². The molecule has 1 heterocycles. The SMILES string of the molecule is C[C@H](C#N)CN1CCN(C(c2ccc(F)cc2)c2ccc(F)cc2)CC1. The van der Waals surface area contributed by atoms with Crippen LogP contribution in [0.25, 0.3) is 0 Å². The molecule has 0 amide bonds. The molecular weight excluding hydrogens is 332 g/mol. The minimum atomic E-state index is -0.262. The topological polar surface area (TPSA) is 30.3 Å². The van der Waals surface area contributed by atoms with Crippen molar-refractivity contribution < 1.29 is 8.78 Å². The van der Waals surface area contributed by atoms with E-state index in [9.17, 15) is 8.78 Å². The lowest BCUT2D eigenvalue weighted by Crippen LogP contribution is -2.48. The number of piperazine rings is 1. The van der Waals surface area contributed by atoms with Crippen LogP contribution in [0.3, 0.4) is 0 Å². The molecule has 3 nitrogen and oxygen atoms in total. The Morgan fingerprint density at radius 3 is 1.77 bits per heavy atom. The maximum atomic E-state index is 13.4. The Bertz CT molecular complexity index is 699. The van der Waals surface area contributed by atoms with Crippen molar-refractivity contribution in [3.63, 3.8) is 0 Å². The van der Waals surface area contributed by atoms with Crippen LogP contribution in [0.1, 0.15) is 24.1 Å². The van der Waals surface area contributed by atoms with Crippen molar-refractivity contribution in [2.24, 2.45) is 5.92 Å². The highest BCUT2D eigenvalue weighted by Gasteiger charge is 2.27. The van der Waals surface area contributed by atoms with Gasteiger partial charge in [0.15, 0.2) is 0 Å². The first-order valence-corrected chi connectivity index (χ1v) is 8.94. The maximum Gasteiger partial charge on any atom is 0.123 e. The number of hydrogen-bond donors (Lipinski definition) is 0. The number of hydrogen-bond acceptors (Lipinski definition) is 3. The average molecular weight is 355 g/mol. The number of nitrogens with zero attached hydrogens (tertiary/aromatic N) is 3. The van der Waals surface area contributed by atoms with Crippen LogP contribution in [0.15, 0.2) is 48.5 Å². The first kappa shape index (κ1) is 18.5. The van der Waals surface area contributed by atoms with Gasteiger partial charge in [0, 0.05) is 32.7 Å². The summed E-state index contributed by atoms with van der Waals surface area (Å²) in [5, 5.41) is 9.00. The first-order valence-electron chi connectivity index (χ1n) is 8.94. The van der Waals surface area contributed by atoms with Gasteiger partial charge in [-0.2, -0.15) is 5.26 Å². The monoisotopic (exact) mass is 355 g/mol. The van der Waals surface area contributed by atoms with E-state index in [0.717, 1.165) is 43.9 Å². The minimum Gasteiger partial charge on any atom is -0.300 e. The zero-order valence-electron chi connectivity index (χ0n) is 14.9. The van der Waals surface area contributed by atoms with E-state index in [1.807, 2.05) is 6.92 Å². The highest BCUT2D eigenvalue weighted by Crippen LogP contribution is 2.30. The molecule has 1 aliphatic heterocycles. The highest BCUT2D eigenvalue weighted by atomic mass is 19.1. The Hall–Kier alpha value is -2.29. The quantitative estimate of drug-likeness (QED) is 0.817. The molecule has 1 aliphatic rings. The second-order valence-electron chi connectivity index (χ2n) is 6.87. The summed E-state index contributed by atoms with van der Waals surface area (Å²) in [6.07, 6.45) is 0. The van der Waals surface area contributed by atoms with Gasteiger partial charge >= 0.3 is 0 Å². The van der Waals surface area contributed by atoms with Gasteiger partial charge in [-0.3, -0.25) is 9.80 Å². The third-order valence-electron chi connectivity index (χ3n) is 4.90. The van der Waals surface area contributed by atoms with Gasteiger partial charge in [-0.1, -0.05) is 24.3 Å². The summed E-state index contributed by atoms with van der Waals surface area (Å²) < 4.78 is 26.7. The van der Waals surface area contributed by atoms with E-state index in [2.05, 4.69) is 15.9 Å². The molecule has 3 rings (SSSR count). The van der Waals surface area contributed by atoms with Crippen molar-refractivity contribution in [3.8, 4) is 6.07 Å². The lowest BCUT2D eigenvalue weighted by Gasteiger charge is -2.40. The molecule has 0 aliphatic carbocycles. The summed E-state index contributed by atoms with van der Waals surface area (Å²) in [6, 6.07) is 15.3. The van der Waals surface area contributed by atoms with Crippen LogP contribution in [-0.4, -0.2) is 42.5 Å². The lowest BCUT2D eigenvalue weighted by atomic mass is 9.96. The van der Waals surface area contributed by atoms with Crippen LogP contribution in [0, 0.1) is 28.9 Å². The van der Waals surface area contributed by atoms with Crippen molar-refractivity contribution in [2.75, 3.05) is 32.7 Å². The molecule has 0 bridgehead atoms. The van der Waals surface area contributed by atoms with Crippen molar-refractivity contribution in [3.05, 3.63) is 71.3 Å². The van der Waals surface area contributed by atoms with E-state index >= 15 is 0 Å². The van der Waals surface area contributed by atoms with Crippen LogP contribution >= 0.6 is 0 Å². The number of rotatable bonds is 5. The van der Waals surface area contributed by atoms with Gasteiger partial charge in [-0.15, -0.1) is 0 Å². The van der Waals surface area contributed by atoms with E-state index < -0.39 is 0 Å². The Morgan fingerprint density at radius 1 is 0.885 bits per heavy atom. The summed E-state index contributed by atoms with van der Waals surface area (Å²) in [4.78, 5) is 4.64. The molecule has 0 N–H and O–H groups in total. The zero-order chi connectivity index (χ0) is 18.5. The zero-order valence-corrected chi connectivity index (χ0v) is 14.9. The maximum absolute atomic E-state index is 13.4. The Kier molecular flexibility index (Phi) is 5.97. The molecular formula is C21H23F2N3. The van der Waals surface area contributed by atoms with Crippen LogP contribution in [-0.2, 0) is 0 Å². The molecule has 0 unspecified atom stereocenters. The van der Waals surface area contributed by atoms with Gasteiger partial charge in [0.2, 0.25) is 0 Å². The van der Waals surface area contributed by atoms with Crippen molar-refractivity contribution in [1.82, 2.24) is 9.80 Å². The van der Waals surface area contributed by atoms with E-state index in [4.69, 9.17) is 5.26 Å².